The van der Waals surface area contributed by atoms with Gasteiger partial charge in [0.1, 0.15) is 0 Å². The lowest BCUT2D eigenvalue weighted by Crippen LogP contribution is -2.53. The van der Waals surface area contributed by atoms with Gasteiger partial charge >= 0.3 is 0 Å². The topological polar surface area (TPSA) is 18.5 Å². The van der Waals surface area contributed by atoms with Crippen LogP contribution in [0.3, 0.4) is 0 Å². The molecule has 0 saturated carbocycles. The van der Waals surface area contributed by atoms with Crippen LogP contribution in [0.1, 0.15) is 34.1 Å². The maximum absolute atomic E-state index is 3.56. The first-order valence-electron chi connectivity index (χ1n) is 6.87. The third-order valence-electron chi connectivity index (χ3n) is 3.79. The predicted molar refractivity (Wildman–Crippen MR) is 70.9 cm³/mol. The maximum Gasteiger partial charge on any atom is 0.0195 e. The first kappa shape index (κ1) is 13.9. The summed E-state index contributed by atoms with van der Waals surface area (Å²) >= 11 is 0. The van der Waals surface area contributed by atoms with Gasteiger partial charge in [0, 0.05) is 44.8 Å². The van der Waals surface area contributed by atoms with Gasteiger partial charge in [-0.3, -0.25) is 9.80 Å². The summed E-state index contributed by atoms with van der Waals surface area (Å²) in [6, 6.07) is 1.39. The number of hydrogen-bond acceptors (Lipinski definition) is 3. The van der Waals surface area contributed by atoms with E-state index < -0.39 is 0 Å². The Kier molecular flexibility index (Phi) is 6.32. The molecule has 0 aliphatic carbocycles. The van der Waals surface area contributed by atoms with E-state index in [1.165, 1.54) is 39.1 Å². The van der Waals surface area contributed by atoms with Crippen molar-refractivity contribution in [2.24, 2.45) is 0 Å². The van der Waals surface area contributed by atoms with Crippen LogP contribution in [0.15, 0.2) is 0 Å². The molecule has 1 rings (SSSR count). The highest BCUT2D eigenvalue weighted by Gasteiger charge is 2.21. The average molecular weight is 227 g/mol. The van der Waals surface area contributed by atoms with Gasteiger partial charge in [0.2, 0.25) is 0 Å². The third-order valence-corrected chi connectivity index (χ3v) is 3.79. The quantitative estimate of drug-likeness (QED) is 0.740. The van der Waals surface area contributed by atoms with Crippen LogP contribution in [-0.2, 0) is 0 Å². The van der Waals surface area contributed by atoms with Crippen LogP contribution >= 0.6 is 0 Å². The van der Waals surface area contributed by atoms with Crippen molar-refractivity contribution in [2.75, 3.05) is 39.3 Å². The van der Waals surface area contributed by atoms with Crippen molar-refractivity contribution >= 4 is 0 Å². The molecule has 1 N–H and O–H groups in total. The van der Waals surface area contributed by atoms with Gasteiger partial charge in [-0.2, -0.15) is 0 Å². The van der Waals surface area contributed by atoms with E-state index in [4.69, 9.17) is 0 Å². The van der Waals surface area contributed by atoms with Gasteiger partial charge in [-0.25, -0.2) is 0 Å². The number of piperazine rings is 1. The van der Waals surface area contributed by atoms with Gasteiger partial charge in [0.05, 0.1) is 0 Å². The first-order valence-corrected chi connectivity index (χ1v) is 6.87. The molecule has 0 spiro atoms. The molecular formula is C13H29N3. The molecule has 0 aromatic rings. The summed E-state index contributed by atoms with van der Waals surface area (Å²) in [5, 5.41) is 3.56. The minimum atomic E-state index is 0.661. The van der Waals surface area contributed by atoms with Gasteiger partial charge in [-0.05, 0) is 26.8 Å². The Morgan fingerprint density at radius 2 is 2.06 bits per heavy atom. The van der Waals surface area contributed by atoms with E-state index in [9.17, 15) is 0 Å². The van der Waals surface area contributed by atoms with Crippen LogP contribution in [0.5, 0.6) is 0 Å². The molecule has 0 aromatic carbocycles. The monoisotopic (exact) mass is 227 g/mol. The lowest BCUT2D eigenvalue weighted by Gasteiger charge is -2.39. The molecule has 3 nitrogen and oxygen atoms in total. The minimum Gasteiger partial charge on any atom is -0.313 e. The predicted octanol–water partition coefficient (Wildman–Crippen LogP) is 1.40. The number of likely N-dealkylation sites (N-methyl/N-ethyl adjacent to an activating group) is 1. The highest BCUT2D eigenvalue weighted by atomic mass is 15.3. The van der Waals surface area contributed by atoms with E-state index in [-0.39, 0.29) is 0 Å². The summed E-state index contributed by atoms with van der Waals surface area (Å²) < 4.78 is 0. The van der Waals surface area contributed by atoms with Crippen molar-refractivity contribution in [3.63, 3.8) is 0 Å². The van der Waals surface area contributed by atoms with Crippen LogP contribution in [0, 0.1) is 0 Å². The Labute approximate surface area is 101 Å². The molecule has 0 radical (unpaired) electrons. The Morgan fingerprint density at radius 3 is 2.62 bits per heavy atom. The molecule has 0 aromatic heterocycles. The standard InChI is InChI=1S/C13H29N3/c1-5-12(3)14-7-8-15-9-10-16(6-2)13(4)11-15/h12-14H,5-11H2,1-4H3. The summed E-state index contributed by atoms with van der Waals surface area (Å²) in [5.41, 5.74) is 0. The molecule has 16 heavy (non-hydrogen) atoms. The molecule has 3 heteroatoms. The zero-order valence-electron chi connectivity index (χ0n) is 11.5. The summed E-state index contributed by atoms with van der Waals surface area (Å²) in [6.45, 7) is 16.3. The molecule has 96 valence electrons. The van der Waals surface area contributed by atoms with Crippen molar-refractivity contribution in [1.82, 2.24) is 15.1 Å². The van der Waals surface area contributed by atoms with Gasteiger partial charge in [-0.15, -0.1) is 0 Å². The number of rotatable bonds is 6. The van der Waals surface area contributed by atoms with E-state index >= 15 is 0 Å². The third kappa shape index (κ3) is 4.40. The second-order valence-electron chi connectivity index (χ2n) is 5.04. The van der Waals surface area contributed by atoms with Crippen molar-refractivity contribution < 1.29 is 0 Å². The minimum absolute atomic E-state index is 0.661. The fourth-order valence-electron chi connectivity index (χ4n) is 2.36. The van der Waals surface area contributed by atoms with Gasteiger partial charge < -0.3 is 5.32 Å². The Hall–Kier alpha value is -0.120. The van der Waals surface area contributed by atoms with Crippen molar-refractivity contribution in [3.05, 3.63) is 0 Å². The van der Waals surface area contributed by atoms with Gasteiger partial charge in [-0.1, -0.05) is 13.8 Å². The number of nitrogens with one attached hydrogen (secondary N) is 1. The maximum atomic E-state index is 3.56. The zero-order chi connectivity index (χ0) is 12.0. The molecule has 2 atom stereocenters. The number of hydrogen-bond donors (Lipinski definition) is 1. The summed E-state index contributed by atoms with van der Waals surface area (Å²) in [6.07, 6.45) is 1.22. The van der Waals surface area contributed by atoms with Crippen molar-refractivity contribution in [3.8, 4) is 0 Å². The van der Waals surface area contributed by atoms with Crippen molar-refractivity contribution in [2.45, 2.75) is 46.2 Å². The molecule has 2 unspecified atom stereocenters. The highest BCUT2D eigenvalue weighted by molar-refractivity contribution is 4.78. The lowest BCUT2D eigenvalue weighted by molar-refractivity contribution is 0.0883. The lowest BCUT2D eigenvalue weighted by atomic mass is 10.2. The number of nitrogens with zero attached hydrogens (tertiary/aromatic N) is 2. The van der Waals surface area contributed by atoms with E-state index in [1.54, 1.807) is 0 Å². The normalized spacial score (nSPS) is 25.9. The molecule has 0 amide bonds. The van der Waals surface area contributed by atoms with Crippen LogP contribution in [-0.4, -0.2) is 61.2 Å². The van der Waals surface area contributed by atoms with E-state index in [0.29, 0.717) is 6.04 Å². The van der Waals surface area contributed by atoms with Gasteiger partial charge in [0.15, 0.2) is 0 Å². The fraction of sp³-hybridized carbons (Fsp3) is 1.00. The molecule has 0 bridgehead atoms. The first-order chi connectivity index (χ1) is 7.67. The van der Waals surface area contributed by atoms with Gasteiger partial charge in [0.25, 0.3) is 0 Å². The summed E-state index contributed by atoms with van der Waals surface area (Å²) in [7, 11) is 0. The average Bonchev–Trinajstić information content (AvgIpc) is 2.29. The summed E-state index contributed by atoms with van der Waals surface area (Å²) in [4.78, 5) is 5.16. The fourth-order valence-corrected chi connectivity index (χ4v) is 2.36. The highest BCUT2D eigenvalue weighted by Crippen LogP contribution is 2.07. The second kappa shape index (κ2) is 7.25. The molecular weight excluding hydrogens is 198 g/mol. The molecule has 1 heterocycles. The van der Waals surface area contributed by atoms with Crippen LogP contribution in [0.4, 0.5) is 0 Å². The molecule has 1 aliphatic heterocycles. The van der Waals surface area contributed by atoms with Crippen LogP contribution in [0.2, 0.25) is 0 Å². The van der Waals surface area contributed by atoms with Crippen LogP contribution < -0.4 is 5.32 Å². The zero-order valence-corrected chi connectivity index (χ0v) is 11.5. The van der Waals surface area contributed by atoms with Crippen molar-refractivity contribution in [1.29, 1.82) is 0 Å². The molecule has 1 fully saturated rings. The second-order valence-corrected chi connectivity index (χ2v) is 5.04. The smallest absolute Gasteiger partial charge is 0.0195 e. The van der Waals surface area contributed by atoms with Crippen LogP contribution in [0.25, 0.3) is 0 Å². The van der Waals surface area contributed by atoms with E-state index in [2.05, 4.69) is 42.8 Å². The summed E-state index contributed by atoms with van der Waals surface area (Å²) in [5.74, 6) is 0. The van der Waals surface area contributed by atoms with E-state index in [1.807, 2.05) is 0 Å². The largest absolute Gasteiger partial charge is 0.313 e. The Balaban J connectivity index is 2.15. The molecule has 1 saturated heterocycles. The Morgan fingerprint density at radius 1 is 1.31 bits per heavy atom. The van der Waals surface area contributed by atoms with E-state index in [0.717, 1.165) is 12.6 Å². The Bertz CT molecular complexity index is 184. The SMILES string of the molecule is CCC(C)NCCN1CCN(CC)C(C)C1. The molecule has 1 aliphatic rings.